The van der Waals surface area contributed by atoms with Crippen molar-refractivity contribution in [2.24, 2.45) is 0 Å². The summed E-state index contributed by atoms with van der Waals surface area (Å²) in [4.78, 5) is 10.9. The van der Waals surface area contributed by atoms with Crippen LogP contribution in [-0.2, 0) is 6.54 Å². The first kappa shape index (κ1) is 13.5. The smallest absolute Gasteiger partial charge is 0.172 e. The Morgan fingerprint density at radius 2 is 2.00 bits per heavy atom. The molecule has 4 nitrogen and oxygen atoms in total. The lowest BCUT2D eigenvalue weighted by atomic mass is 10.2. The fourth-order valence-corrected chi connectivity index (χ4v) is 1.84. The second-order valence-corrected chi connectivity index (χ2v) is 4.52. The van der Waals surface area contributed by atoms with E-state index in [1.165, 1.54) is 0 Å². The van der Waals surface area contributed by atoms with Gasteiger partial charge in [-0.15, -0.1) is 5.10 Å². The van der Waals surface area contributed by atoms with Gasteiger partial charge in [0.15, 0.2) is 12.0 Å². The first-order chi connectivity index (χ1) is 9.24. The molecule has 0 amide bonds. The molecular weight excluding hydrogens is 262 g/mol. The number of benzene rings is 1. The molecule has 0 atom stereocenters. The highest BCUT2D eigenvalue weighted by Crippen LogP contribution is 2.13. The summed E-state index contributed by atoms with van der Waals surface area (Å²) in [5.41, 5.74) is 2.09. The fourth-order valence-electron chi connectivity index (χ4n) is 1.72. The van der Waals surface area contributed by atoms with Crippen LogP contribution in [0.1, 0.15) is 35.1 Å². The highest BCUT2D eigenvalue weighted by atomic mass is 35.5. The second kappa shape index (κ2) is 6.29. The zero-order valence-corrected chi connectivity index (χ0v) is 11.3. The number of hydrogen-bond donors (Lipinski definition) is 0. The van der Waals surface area contributed by atoms with Crippen LogP contribution in [0.3, 0.4) is 0 Å². The molecule has 0 saturated carbocycles. The summed E-state index contributed by atoms with van der Waals surface area (Å²) >= 11 is 5.83. The van der Waals surface area contributed by atoms with Crippen molar-refractivity contribution in [1.82, 2.24) is 15.0 Å². The van der Waals surface area contributed by atoms with Gasteiger partial charge in [-0.25, -0.2) is 4.68 Å². The van der Waals surface area contributed by atoms with Crippen LogP contribution in [0.5, 0.6) is 0 Å². The first-order valence-corrected chi connectivity index (χ1v) is 6.44. The fraction of sp³-hybridized carbons (Fsp3) is 0.214. The van der Waals surface area contributed by atoms with Crippen LogP contribution in [0.15, 0.2) is 24.3 Å². The average molecular weight is 276 g/mol. The zero-order valence-electron chi connectivity index (χ0n) is 10.6. The highest BCUT2D eigenvalue weighted by Gasteiger charge is 2.08. The van der Waals surface area contributed by atoms with E-state index in [4.69, 9.17) is 11.6 Å². The predicted octanol–water partition coefficient (Wildman–Crippen LogP) is 3.32. The van der Waals surface area contributed by atoms with Gasteiger partial charge in [-0.1, -0.05) is 41.9 Å². The van der Waals surface area contributed by atoms with Gasteiger partial charge in [0.05, 0.1) is 5.69 Å². The number of aromatic nitrogens is 3. The van der Waals surface area contributed by atoms with Gasteiger partial charge in [-0.3, -0.25) is 4.79 Å². The molecular formula is C14H14ClN3O. The number of carbonyl (C=O) groups is 1. The van der Waals surface area contributed by atoms with Crippen LogP contribution >= 0.6 is 11.6 Å². The van der Waals surface area contributed by atoms with Gasteiger partial charge >= 0.3 is 0 Å². The van der Waals surface area contributed by atoms with Gasteiger partial charge < -0.3 is 0 Å². The van der Waals surface area contributed by atoms with E-state index in [9.17, 15) is 4.79 Å². The molecule has 0 fully saturated rings. The number of aldehydes is 1. The Bertz CT molecular complexity index is 587. The molecule has 0 spiro atoms. The molecule has 0 aliphatic carbocycles. The first-order valence-electron chi connectivity index (χ1n) is 6.07. The van der Waals surface area contributed by atoms with Crippen molar-refractivity contribution in [3.05, 3.63) is 46.2 Å². The molecule has 0 N–H and O–H groups in total. The van der Waals surface area contributed by atoms with E-state index in [2.05, 4.69) is 17.2 Å². The summed E-state index contributed by atoms with van der Waals surface area (Å²) in [5, 5.41) is 8.52. The van der Waals surface area contributed by atoms with Gasteiger partial charge in [-0.2, -0.15) is 0 Å². The minimum atomic E-state index is 0.360. The molecule has 0 saturated heterocycles. The van der Waals surface area contributed by atoms with Crippen LogP contribution in [-0.4, -0.2) is 21.3 Å². The Kier molecular flexibility index (Phi) is 4.47. The van der Waals surface area contributed by atoms with E-state index in [0.29, 0.717) is 10.7 Å². The molecule has 2 rings (SSSR count). The van der Waals surface area contributed by atoms with Crippen LogP contribution in [0, 0.1) is 0 Å². The van der Waals surface area contributed by atoms with Crippen molar-refractivity contribution in [3.8, 4) is 0 Å². The quantitative estimate of drug-likeness (QED) is 0.787. The average Bonchev–Trinajstić information content (AvgIpc) is 2.81. The Balaban J connectivity index is 2.28. The summed E-state index contributed by atoms with van der Waals surface area (Å²) in [7, 11) is 0. The largest absolute Gasteiger partial charge is 0.296 e. The number of rotatable bonds is 5. The van der Waals surface area contributed by atoms with Crippen molar-refractivity contribution in [2.45, 2.75) is 19.9 Å². The SMILES string of the molecule is CCCn1nnc(C=O)c1/C=C/c1ccc(Cl)cc1. The number of carbonyl (C=O) groups excluding carboxylic acids is 1. The zero-order chi connectivity index (χ0) is 13.7. The number of aryl methyl sites for hydroxylation is 1. The van der Waals surface area contributed by atoms with E-state index in [1.807, 2.05) is 36.4 Å². The van der Waals surface area contributed by atoms with Crippen molar-refractivity contribution in [2.75, 3.05) is 0 Å². The maximum atomic E-state index is 10.9. The number of hydrogen-bond acceptors (Lipinski definition) is 3. The Morgan fingerprint density at radius 3 is 2.63 bits per heavy atom. The molecule has 0 aliphatic heterocycles. The minimum absolute atomic E-state index is 0.360. The highest BCUT2D eigenvalue weighted by molar-refractivity contribution is 6.30. The van der Waals surface area contributed by atoms with Gasteiger partial charge in [0.1, 0.15) is 0 Å². The lowest BCUT2D eigenvalue weighted by molar-refractivity contribution is 0.111. The van der Waals surface area contributed by atoms with E-state index in [-0.39, 0.29) is 0 Å². The van der Waals surface area contributed by atoms with E-state index in [1.54, 1.807) is 4.68 Å². The van der Waals surface area contributed by atoms with Gasteiger partial charge in [0, 0.05) is 11.6 Å². The third-order valence-electron chi connectivity index (χ3n) is 2.65. The maximum Gasteiger partial charge on any atom is 0.172 e. The van der Waals surface area contributed by atoms with Crippen LogP contribution in [0.2, 0.25) is 5.02 Å². The maximum absolute atomic E-state index is 10.9. The second-order valence-electron chi connectivity index (χ2n) is 4.09. The normalized spacial score (nSPS) is 11.1. The topological polar surface area (TPSA) is 47.8 Å². The molecule has 1 aromatic carbocycles. The predicted molar refractivity (Wildman–Crippen MR) is 76.1 cm³/mol. The third-order valence-corrected chi connectivity index (χ3v) is 2.90. The van der Waals surface area contributed by atoms with Gasteiger partial charge in [-0.05, 0) is 30.2 Å². The van der Waals surface area contributed by atoms with Crippen LogP contribution < -0.4 is 0 Å². The Labute approximate surface area is 116 Å². The molecule has 1 aromatic heterocycles. The molecule has 98 valence electrons. The van der Waals surface area contributed by atoms with Gasteiger partial charge in [0.2, 0.25) is 0 Å². The number of nitrogens with zero attached hydrogens (tertiary/aromatic N) is 3. The summed E-state index contributed by atoms with van der Waals surface area (Å²) in [6.07, 6.45) is 5.42. The summed E-state index contributed by atoms with van der Waals surface area (Å²) in [5.74, 6) is 0. The van der Waals surface area contributed by atoms with E-state index >= 15 is 0 Å². The third kappa shape index (κ3) is 3.29. The lowest BCUT2D eigenvalue weighted by Crippen LogP contribution is -2.01. The Hall–Kier alpha value is -1.94. The molecule has 1 heterocycles. The number of halogens is 1. The molecule has 0 unspecified atom stereocenters. The van der Waals surface area contributed by atoms with Crippen LogP contribution in [0.25, 0.3) is 12.2 Å². The van der Waals surface area contributed by atoms with Gasteiger partial charge in [0.25, 0.3) is 0 Å². The van der Waals surface area contributed by atoms with Crippen molar-refractivity contribution < 1.29 is 4.79 Å². The summed E-state index contributed by atoms with van der Waals surface area (Å²) < 4.78 is 1.73. The molecule has 19 heavy (non-hydrogen) atoms. The standard InChI is InChI=1S/C14H14ClN3O/c1-2-9-18-14(13(10-19)16-17-18)8-5-11-3-6-12(15)7-4-11/h3-8,10H,2,9H2,1H3/b8-5+. The molecule has 5 heteroatoms. The Morgan fingerprint density at radius 1 is 1.26 bits per heavy atom. The molecule has 0 radical (unpaired) electrons. The molecule has 2 aromatic rings. The van der Waals surface area contributed by atoms with E-state index in [0.717, 1.165) is 30.5 Å². The molecule has 0 aliphatic rings. The van der Waals surface area contributed by atoms with Crippen molar-refractivity contribution in [1.29, 1.82) is 0 Å². The van der Waals surface area contributed by atoms with E-state index < -0.39 is 0 Å². The molecule has 0 bridgehead atoms. The lowest BCUT2D eigenvalue weighted by Gasteiger charge is -2.00. The minimum Gasteiger partial charge on any atom is -0.296 e. The van der Waals surface area contributed by atoms with Crippen LogP contribution in [0.4, 0.5) is 0 Å². The van der Waals surface area contributed by atoms with Crippen molar-refractivity contribution >= 4 is 30.0 Å². The summed E-state index contributed by atoms with van der Waals surface area (Å²) in [6, 6.07) is 7.47. The monoisotopic (exact) mass is 275 g/mol. The van der Waals surface area contributed by atoms with Crippen molar-refractivity contribution in [3.63, 3.8) is 0 Å². The summed E-state index contributed by atoms with van der Waals surface area (Å²) in [6.45, 7) is 2.79.